The number of aryl methyl sites for hydroxylation is 1. The van der Waals surface area contributed by atoms with Crippen LogP contribution in [0.25, 0.3) is 0 Å². The van der Waals surface area contributed by atoms with Gasteiger partial charge in [-0.1, -0.05) is 25.4 Å². The molecular weight excluding hydrogens is 278 g/mol. The van der Waals surface area contributed by atoms with E-state index in [1.54, 1.807) is 30.0 Å². The summed E-state index contributed by atoms with van der Waals surface area (Å²) in [6, 6.07) is 5.25. The van der Waals surface area contributed by atoms with Crippen molar-refractivity contribution in [3.8, 4) is 0 Å². The minimum Gasteiger partial charge on any atom is -0.481 e. The van der Waals surface area contributed by atoms with E-state index in [0.717, 1.165) is 17.7 Å². The van der Waals surface area contributed by atoms with Crippen molar-refractivity contribution in [2.24, 2.45) is 5.92 Å². The molecule has 0 saturated carbocycles. The fraction of sp³-hybridized carbons (Fsp3) is 0.467. The molecule has 1 rings (SSSR count). The second-order valence-corrected chi connectivity index (χ2v) is 5.36. The number of halogens is 1. The van der Waals surface area contributed by atoms with Crippen molar-refractivity contribution >= 4 is 29.2 Å². The maximum Gasteiger partial charge on any atom is 0.308 e. The number of carboxylic acid groups (broad SMARTS) is 1. The maximum absolute atomic E-state index is 12.2. The third-order valence-corrected chi connectivity index (χ3v) is 3.33. The van der Waals surface area contributed by atoms with Gasteiger partial charge in [0.1, 0.15) is 0 Å². The number of carbonyl (C=O) groups is 2. The lowest BCUT2D eigenvalue weighted by Gasteiger charge is -2.26. The van der Waals surface area contributed by atoms with Gasteiger partial charge in [0.25, 0.3) is 0 Å². The van der Waals surface area contributed by atoms with Crippen molar-refractivity contribution in [1.82, 2.24) is 0 Å². The van der Waals surface area contributed by atoms with Crippen LogP contribution in [0, 0.1) is 12.8 Å². The number of hydrogen-bond donors (Lipinski definition) is 1. The molecule has 0 aliphatic rings. The fourth-order valence-electron chi connectivity index (χ4n) is 1.96. The molecule has 0 radical (unpaired) electrons. The van der Waals surface area contributed by atoms with Gasteiger partial charge < -0.3 is 10.0 Å². The second kappa shape index (κ2) is 7.29. The molecule has 0 bridgehead atoms. The predicted octanol–water partition coefficient (Wildman–Crippen LogP) is 3.50. The number of carbonyl (C=O) groups excluding carboxylic acids is 1. The van der Waals surface area contributed by atoms with E-state index in [1.807, 2.05) is 13.8 Å². The largest absolute Gasteiger partial charge is 0.481 e. The minimum absolute atomic E-state index is 0.0639. The monoisotopic (exact) mass is 297 g/mol. The Labute approximate surface area is 124 Å². The summed E-state index contributed by atoms with van der Waals surface area (Å²) in [4.78, 5) is 24.8. The van der Waals surface area contributed by atoms with Crippen molar-refractivity contribution in [3.63, 3.8) is 0 Å². The van der Waals surface area contributed by atoms with Crippen molar-refractivity contribution in [3.05, 3.63) is 28.8 Å². The maximum atomic E-state index is 12.2. The van der Waals surface area contributed by atoms with Crippen LogP contribution in [0.15, 0.2) is 18.2 Å². The molecule has 0 spiro atoms. The lowest BCUT2D eigenvalue weighted by atomic mass is 10.1. The molecule has 1 aromatic rings. The van der Waals surface area contributed by atoms with E-state index in [2.05, 4.69) is 0 Å². The standard InChI is InChI=1S/C15H20ClNO3/c1-4-5-14(18)17(9-11(3)15(19)20)13-7-6-12(16)8-10(13)2/h6-8,11H,4-5,9H2,1-3H3,(H,19,20). The summed E-state index contributed by atoms with van der Waals surface area (Å²) < 4.78 is 0. The van der Waals surface area contributed by atoms with Crippen molar-refractivity contribution in [1.29, 1.82) is 0 Å². The first-order valence-corrected chi connectivity index (χ1v) is 7.04. The Morgan fingerprint density at radius 1 is 1.40 bits per heavy atom. The molecule has 0 aliphatic heterocycles. The minimum atomic E-state index is -0.911. The number of aliphatic carboxylic acids is 1. The SMILES string of the molecule is CCCC(=O)N(CC(C)C(=O)O)c1ccc(Cl)cc1C. The van der Waals surface area contributed by atoms with E-state index >= 15 is 0 Å². The highest BCUT2D eigenvalue weighted by Crippen LogP contribution is 2.25. The Balaban J connectivity index is 3.09. The molecule has 1 aromatic carbocycles. The Bertz CT molecular complexity index is 502. The summed E-state index contributed by atoms with van der Waals surface area (Å²) in [5, 5.41) is 9.64. The average molecular weight is 298 g/mol. The predicted molar refractivity (Wildman–Crippen MR) is 80.2 cm³/mol. The van der Waals surface area contributed by atoms with Gasteiger partial charge in [0.15, 0.2) is 0 Å². The highest BCUT2D eigenvalue weighted by Gasteiger charge is 2.22. The highest BCUT2D eigenvalue weighted by molar-refractivity contribution is 6.30. The Morgan fingerprint density at radius 2 is 2.05 bits per heavy atom. The van der Waals surface area contributed by atoms with Crippen LogP contribution >= 0.6 is 11.6 Å². The first kappa shape index (κ1) is 16.5. The Morgan fingerprint density at radius 3 is 2.55 bits per heavy atom. The zero-order valence-corrected chi connectivity index (χ0v) is 12.8. The van der Waals surface area contributed by atoms with Gasteiger partial charge in [0.05, 0.1) is 5.92 Å². The Hall–Kier alpha value is -1.55. The van der Waals surface area contributed by atoms with Crippen LogP contribution in [0.3, 0.4) is 0 Å². The van der Waals surface area contributed by atoms with Crippen molar-refractivity contribution in [2.75, 3.05) is 11.4 Å². The topological polar surface area (TPSA) is 57.6 Å². The first-order chi connectivity index (χ1) is 9.36. The van der Waals surface area contributed by atoms with Crippen LogP contribution in [0.4, 0.5) is 5.69 Å². The summed E-state index contributed by atoms with van der Waals surface area (Å²) >= 11 is 5.92. The van der Waals surface area contributed by atoms with E-state index < -0.39 is 11.9 Å². The zero-order chi connectivity index (χ0) is 15.3. The summed E-state index contributed by atoms with van der Waals surface area (Å²) in [6.07, 6.45) is 1.12. The molecule has 110 valence electrons. The lowest BCUT2D eigenvalue weighted by molar-refractivity contribution is -0.140. The van der Waals surface area contributed by atoms with Gasteiger partial charge in [-0.05, 0) is 37.1 Å². The first-order valence-electron chi connectivity index (χ1n) is 6.66. The van der Waals surface area contributed by atoms with Gasteiger partial charge in [-0.25, -0.2) is 0 Å². The second-order valence-electron chi connectivity index (χ2n) is 4.92. The number of carboxylic acids is 1. The molecule has 0 saturated heterocycles. The van der Waals surface area contributed by atoms with Crippen molar-refractivity contribution < 1.29 is 14.7 Å². The number of rotatable bonds is 6. The normalized spacial score (nSPS) is 12.0. The van der Waals surface area contributed by atoms with E-state index in [0.29, 0.717) is 11.4 Å². The molecule has 0 aromatic heterocycles. The van der Waals surface area contributed by atoms with Gasteiger partial charge in [0.2, 0.25) is 5.91 Å². The fourth-order valence-corrected chi connectivity index (χ4v) is 2.18. The lowest BCUT2D eigenvalue weighted by Crippen LogP contribution is -2.37. The van der Waals surface area contributed by atoms with Crippen molar-refractivity contribution in [2.45, 2.75) is 33.6 Å². The molecule has 1 N–H and O–H groups in total. The number of nitrogens with zero attached hydrogens (tertiary/aromatic N) is 1. The molecule has 20 heavy (non-hydrogen) atoms. The van der Waals surface area contributed by atoms with Gasteiger partial charge in [-0.15, -0.1) is 0 Å². The third kappa shape index (κ3) is 4.23. The number of amides is 1. The zero-order valence-electron chi connectivity index (χ0n) is 12.0. The Kier molecular flexibility index (Phi) is 6.02. The van der Waals surface area contributed by atoms with E-state index in [9.17, 15) is 9.59 Å². The van der Waals surface area contributed by atoms with Gasteiger partial charge in [-0.2, -0.15) is 0 Å². The summed E-state index contributed by atoms with van der Waals surface area (Å²) in [5.41, 5.74) is 1.58. The summed E-state index contributed by atoms with van der Waals surface area (Å²) in [7, 11) is 0. The average Bonchev–Trinajstić information content (AvgIpc) is 2.36. The highest BCUT2D eigenvalue weighted by atomic mass is 35.5. The smallest absolute Gasteiger partial charge is 0.308 e. The number of hydrogen-bond acceptors (Lipinski definition) is 2. The molecule has 0 aliphatic carbocycles. The molecule has 0 heterocycles. The van der Waals surface area contributed by atoms with Crippen LogP contribution in [-0.4, -0.2) is 23.5 Å². The van der Waals surface area contributed by atoms with E-state index in [-0.39, 0.29) is 12.5 Å². The van der Waals surface area contributed by atoms with Crippen LogP contribution in [-0.2, 0) is 9.59 Å². The quantitative estimate of drug-likeness (QED) is 0.874. The molecule has 1 atom stereocenters. The molecule has 1 unspecified atom stereocenters. The molecule has 0 fully saturated rings. The summed E-state index contributed by atoms with van der Waals surface area (Å²) in [5.74, 6) is -1.59. The van der Waals surface area contributed by atoms with E-state index in [4.69, 9.17) is 16.7 Å². The molecule has 5 heteroatoms. The number of anilines is 1. The van der Waals surface area contributed by atoms with Crippen LogP contribution in [0.2, 0.25) is 5.02 Å². The van der Waals surface area contributed by atoms with Crippen LogP contribution < -0.4 is 4.90 Å². The van der Waals surface area contributed by atoms with Gasteiger partial charge in [-0.3, -0.25) is 9.59 Å². The van der Waals surface area contributed by atoms with Crippen LogP contribution in [0.1, 0.15) is 32.3 Å². The van der Waals surface area contributed by atoms with Gasteiger partial charge >= 0.3 is 5.97 Å². The van der Waals surface area contributed by atoms with Gasteiger partial charge in [0, 0.05) is 23.7 Å². The third-order valence-electron chi connectivity index (χ3n) is 3.09. The molecule has 4 nitrogen and oxygen atoms in total. The number of benzene rings is 1. The summed E-state index contributed by atoms with van der Waals surface area (Å²) in [6.45, 7) is 5.54. The molecular formula is C15H20ClNO3. The van der Waals surface area contributed by atoms with Crippen LogP contribution in [0.5, 0.6) is 0 Å². The molecule has 1 amide bonds. The van der Waals surface area contributed by atoms with E-state index in [1.165, 1.54) is 0 Å².